The van der Waals surface area contributed by atoms with Crippen LogP contribution in [0.15, 0.2) is 24.3 Å². The van der Waals surface area contributed by atoms with Gasteiger partial charge in [-0.1, -0.05) is 147 Å². The maximum Gasteiger partial charge on any atom is 0.306 e. The van der Waals surface area contributed by atoms with E-state index in [2.05, 4.69) is 38.2 Å². The van der Waals surface area contributed by atoms with Gasteiger partial charge in [0.1, 0.15) is 12.6 Å². The molecule has 0 fully saturated rings. The van der Waals surface area contributed by atoms with E-state index in [1.54, 1.807) is 21.1 Å². The number of likely N-dealkylation sites (N-methyl/N-ethyl adjacent to an activating group) is 1. The highest BCUT2D eigenvalue weighted by Crippen LogP contribution is 2.14. The second-order valence-corrected chi connectivity index (χ2v) is 16.3. The average molecular weight is 764 g/mol. The minimum absolute atomic E-state index is 0.0329. The van der Waals surface area contributed by atoms with E-state index in [9.17, 15) is 19.5 Å². The van der Waals surface area contributed by atoms with Gasteiger partial charge in [-0.15, -0.1) is 0 Å². The van der Waals surface area contributed by atoms with Gasteiger partial charge in [-0.2, -0.15) is 0 Å². The van der Waals surface area contributed by atoms with Crippen molar-refractivity contribution in [1.82, 2.24) is 0 Å². The van der Waals surface area contributed by atoms with E-state index in [-0.39, 0.29) is 42.7 Å². The zero-order chi connectivity index (χ0) is 40.0. The van der Waals surface area contributed by atoms with Crippen molar-refractivity contribution in [3.8, 4) is 0 Å². The second-order valence-electron chi connectivity index (χ2n) is 16.3. The molecule has 0 aromatic rings. The average Bonchev–Trinajstić information content (AvgIpc) is 3.12. The molecule has 0 radical (unpaired) electrons. The molecule has 0 amide bonds. The van der Waals surface area contributed by atoms with Gasteiger partial charge >= 0.3 is 11.9 Å². The minimum Gasteiger partial charge on any atom is -0.544 e. The predicted octanol–water partition coefficient (Wildman–Crippen LogP) is 10.7. The summed E-state index contributed by atoms with van der Waals surface area (Å²) in [5.41, 5.74) is 0. The summed E-state index contributed by atoms with van der Waals surface area (Å²) in [4.78, 5) is 36.7. The topological polar surface area (TPSA) is 102 Å². The number of nitrogens with zero attached hydrogens (tertiary/aromatic N) is 1. The van der Waals surface area contributed by atoms with Gasteiger partial charge in [0.05, 0.1) is 40.3 Å². The van der Waals surface area contributed by atoms with Crippen molar-refractivity contribution in [2.75, 3.05) is 41.0 Å². The molecule has 0 N–H and O–H groups in total. The molecule has 8 heteroatoms. The highest BCUT2D eigenvalue weighted by Gasteiger charge is 2.25. The van der Waals surface area contributed by atoms with E-state index in [0.717, 1.165) is 32.1 Å². The van der Waals surface area contributed by atoms with E-state index >= 15 is 0 Å². The Kier molecular flexibility index (Phi) is 36.2. The van der Waals surface area contributed by atoms with Gasteiger partial charge in [0.15, 0.2) is 6.10 Å². The highest BCUT2D eigenvalue weighted by molar-refractivity contribution is 5.70. The minimum atomic E-state index is -1.13. The number of hydrogen-bond donors (Lipinski definition) is 0. The normalized spacial score (nSPS) is 13.1. The molecule has 54 heavy (non-hydrogen) atoms. The van der Waals surface area contributed by atoms with Gasteiger partial charge in [0.2, 0.25) is 0 Å². The lowest BCUT2D eigenvalue weighted by molar-refractivity contribution is -0.889. The van der Waals surface area contributed by atoms with Crippen molar-refractivity contribution in [2.45, 2.75) is 212 Å². The van der Waals surface area contributed by atoms with Crippen LogP contribution >= 0.6 is 0 Å². The number of hydrogen-bond acceptors (Lipinski definition) is 7. The number of carbonyl (C=O) groups is 3. The first-order valence-corrected chi connectivity index (χ1v) is 22.4. The van der Waals surface area contributed by atoms with Gasteiger partial charge in [0.25, 0.3) is 0 Å². The monoisotopic (exact) mass is 764 g/mol. The van der Waals surface area contributed by atoms with E-state index < -0.39 is 18.1 Å². The molecule has 0 aliphatic rings. The number of carboxylic acids is 1. The Bertz CT molecular complexity index is 942. The zero-order valence-electron chi connectivity index (χ0n) is 35.9. The summed E-state index contributed by atoms with van der Waals surface area (Å²) >= 11 is 0. The molecule has 8 nitrogen and oxygen atoms in total. The molecule has 0 heterocycles. The van der Waals surface area contributed by atoms with Crippen LogP contribution < -0.4 is 5.11 Å². The molecule has 0 aromatic carbocycles. The summed E-state index contributed by atoms with van der Waals surface area (Å²) in [6.45, 7) is 4.60. The number of rotatable bonds is 40. The number of ether oxygens (including phenoxy) is 3. The Hall–Kier alpha value is -2.19. The van der Waals surface area contributed by atoms with Crippen LogP contribution in [0.5, 0.6) is 0 Å². The van der Waals surface area contributed by atoms with Crippen molar-refractivity contribution in [1.29, 1.82) is 0 Å². The third-order valence-electron chi connectivity index (χ3n) is 10.1. The van der Waals surface area contributed by atoms with E-state index in [1.165, 1.54) is 128 Å². The lowest BCUT2D eigenvalue weighted by atomic mass is 10.1. The van der Waals surface area contributed by atoms with Gasteiger partial charge in [-0.25, -0.2) is 0 Å². The van der Waals surface area contributed by atoms with Crippen LogP contribution in [0, 0.1) is 0 Å². The molecule has 0 bridgehead atoms. The third-order valence-corrected chi connectivity index (χ3v) is 10.1. The fourth-order valence-electron chi connectivity index (χ4n) is 6.54. The fourth-order valence-corrected chi connectivity index (χ4v) is 6.54. The summed E-state index contributed by atoms with van der Waals surface area (Å²) < 4.78 is 17.1. The summed E-state index contributed by atoms with van der Waals surface area (Å²) in [6, 6.07) is -0.727. The quantitative estimate of drug-likeness (QED) is 0.0265. The van der Waals surface area contributed by atoms with Crippen LogP contribution in [0.4, 0.5) is 0 Å². The van der Waals surface area contributed by atoms with Crippen LogP contribution in [-0.4, -0.2) is 75.5 Å². The number of quaternary nitrogens is 1. The summed E-state index contributed by atoms with van der Waals surface area (Å²) in [6.07, 6.45) is 40.8. The first kappa shape index (κ1) is 51.8. The maximum atomic E-state index is 12.7. The zero-order valence-corrected chi connectivity index (χ0v) is 35.9. The van der Waals surface area contributed by atoms with Crippen molar-refractivity contribution >= 4 is 17.9 Å². The molecule has 0 aromatic heterocycles. The van der Waals surface area contributed by atoms with Gasteiger partial charge < -0.3 is 28.6 Å². The highest BCUT2D eigenvalue weighted by atomic mass is 16.6. The van der Waals surface area contributed by atoms with Crippen LogP contribution in [0.25, 0.3) is 0 Å². The van der Waals surface area contributed by atoms with E-state index in [1.807, 2.05) is 0 Å². The molecule has 2 atom stereocenters. The first-order valence-electron chi connectivity index (χ1n) is 22.4. The summed E-state index contributed by atoms with van der Waals surface area (Å²) in [5, 5.41) is 11.6. The molecule has 0 saturated carbocycles. The Balaban J connectivity index is 4.24. The van der Waals surface area contributed by atoms with Gasteiger partial charge in [-0.05, 0) is 57.8 Å². The number of aliphatic carboxylic acids is 1. The lowest BCUT2D eigenvalue weighted by Crippen LogP contribution is -2.55. The van der Waals surface area contributed by atoms with E-state index in [4.69, 9.17) is 14.2 Å². The van der Waals surface area contributed by atoms with Crippen molar-refractivity contribution < 1.29 is 38.2 Å². The summed E-state index contributed by atoms with van der Waals surface area (Å²) in [5.74, 6) is -1.78. The number of esters is 2. The third kappa shape index (κ3) is 35.5. The standard InChI is InChI=1S/C46H85NO7/c1-6-8-10-12-14-16-17-18-19-20-21-22-23-24-25-26-27-29-31-33-35-37-45(49)54-42(40-52-39-38-43(46(50)51)47(3,4)5)41-53-44(48)36-34-32-30-28-15-13-11-9-7-2/h22-23,28,30,42-43H,6-21,24-27,29,31-41H2,1-5H3/b23-22+,30-28+. The molecule has 316 valence electrons. The van der Waals surface area contributed by atoms with Crippen molar-refractivity contribution in [2.24, 2.45) is 0 Å². The first-order chi connectivity index (χ1) is 26.1. The molecule has 0 spiro atoms. The Morgan fingerprint density at radius 1 is 0.537 bits per heavy atom. The van der Waals surface area contributed by atoms with Crippen molar-refractivity contribution in [3.05, 3.63) is 24.3 Å². The molecule has 0 rings (SSSR count). The maximum absolute atomic E-state index is 12.7. The molecule has 0 aliphatic carbocycles. The fraction of sp³-hybridized carbons (Fsp3) is 0.848. The number of carboxylic acid groups (broad SMARTS) is 1. The van der Waals surface area contributed by atoms with Crippen LogP contribution in [-0.2, 0) is 28.6 Å². The van der Waals surface area contributed by atoms with E-state index in [0.29, 0.717) is 19.3 Å². The molecule has 0 aliphatic heterocycles. The smallest absolute Gasteiger partial charge is 0.306 e. The SMILES string of the molecule is CCCCCC/C=C/CCCC(=O)OCC(COCCC(C(=O)[O-])[N+](C)(C)C)OC(=O)CCCCCCCCC/C=C/CCCCCCCCCCCC. The molecule has 0 saturated heterocycles. The molecular formula is C46H85NO7. The lowest BCUT2D eigenvalue weighted by Gasteiger charge is -2.34. The van der Waals surface area contributed by atoms with Gasteiger partial charge in [-0.3, -0.25) is 9.59 Å². The second kappa shape index (κ2) is 37.7. The molecule has 2 unspecified atom stereocenters. The largest absolute Gasteiger partial charge is 0.544 e. The number of carbonyl (C=O) groups excluding carboxylic acids is 3. The number of unbranched alkanes of at least 4 members (excludes halogenated alkanes) is 22. The van der Waals surface area contributed by atoms with Crippen LogP contribution in [0.2, 0.25) is 0 Å². The molecular weight excluding hydrogens is 679 g/mol. The van der Waals surface area contributed by atoms with Crippen LogP contribution in [0.1, 0.15) is 200 Å². The Labute approximate surface area is 332 Å². The van der Waals surface area contributed by atoms with Crippen LogP contribution in [0.3, 0.4) is 0 Å². The van der Waals surface area contributed by atoms with Crippen molar-refractivity contribution in [3.63, 3.8) is 0 Å². The number of allylic oxidation sites excluding steroid dienone is 4. The Morgan fingerprint density at radius 2 is 0.944 bits per heavy atom. The Morgan fingerprint density at radius 3 is 1.41 bits per heavy atom. The predicted molar refractivity (Wildman–Crippen MR) is 222 cm³/mol. The summed E-state index contributed by atoms with van der Waals surface area (Å²) in [7, 11) is 5.40. The van der Waals surface area contributed by atoms with Gasteiger partial charge in [0, 0.05) is 19.3 Å².